The van der Waals surface area contributed by atoms with E-state index < -0.39 is 0 Å². The van der Waals surface area contributed by atoms with E-state index in [1.807, 2.05) is 31.2 Å². The van der Waals surface area contributed by atoms with Crippen LogP contribution in [0.5, 0.6) is 17.2 Å². The van der Waals surface area contributed by atoms with Crippen molar-refractivity contribution < 1.29 is 18.6 Å². The molecule has 0 unspecified atom stereocenters. The van der Waals surface area contributed by atoms with Crippen LogP contribution < -0.4 is 14.2 Å². The second kappa shape index (κ2) is 6.80. The Hall–Kier alpha value is -2.23. The van der Waals surface area contributed by atoms with Gasteiger partial charge >= 0.3 is 0 Å². The second-order valence-corrected chi connectivity index (χ2v) is 4.28. The van der Waals surface area contributed by atoms with Crippen LogP contribution in [0.15, 0.2) is 42.5 Å². The Balaban J connectivity index is 1.86. The van der Waals surface area contributed by atoms with Crippen LogP contribution in [0.25, 0.3) is 0 Å². The monoisotopic (exact) mass is 276 g/mol. The average molecular weight is 276 g/mol. The minimum absolute atomic E-state index is 0.244. The van der Waals surface area contributed by atoms with Crippen molar-refractivity contribution in [1.29, 1.82) is 0 Å². The summed E-state index contributed by atoms with van der Waals surface area (Å²) < 4.78 is 29.5. The van der Waals surface area contributed by atoms with Crippen molar-refractivity contribution in [3.05, 3.63) is 53.8 Å². The molecule has 0 spiro atoms. The summed E-state index contributed by atoms with van der Waals surface area (Å²) in [4.78, 5) is 0. The van der Waals surface area contributed by atoms with Gasteiger partial charge in [-0.05, 0) is 36.8 Å². The molecule has 0 fully saturated rings. The summed E-state index contributed by atoms with van der Waals surface area (Å²) in [6, 6.07) is 12.1. The van der Waals surface area contributed by atoms with Gasteiger partial charge in [0.15, 0.2) is 23.1 Å². The quantitative estimate of drug-likeness (QED) is 0.754. The molecule has 0 aromatic heterocycles. The fourth-order valence-electron chi connectivity index (χ4n) is 1.76. The van der Waals surface area contributed by atoms with Gasteiger partial charge in [-0.1, -0.05) is 18.2 Å². The van der Waals surface area contributed by atoms with Gasteiger partial charge in [0.2, 0.25) is 0 Å². The molecule has 0 atom stereocenters. The molecule has 0 saturated heterocycles. The summed E-state index contributed by atoms with van der Waals surface area (Å²) in [5.74, 6) is 1.18. The fourth-order valence-corrected chi connectivity index (χ4v) is 1.76. The molecule has 0 amide bonds. The molecule has 0 aliphatic carbocycles. The molecular weight excluding hydrogens is 259 g/mol. The summed E-state index contributed by atoms with van der Waals surface area (Å²) in [6.45, 7) is 2.46. The van der Waals surface area contributed by atoms with Crippen molar-refractivity contribution in [3.63, 3.8) is 0 Å². The maximum Gasteiger partial charge on any atom is 0.165 e. The van der Waals surface area contributed by atoms with Gasteiger partial charge in [0.05, 0.1) is 7.11 Å². The summed E-state index contributed by atoms with van der Waals surface area (Å²) in [6.07, 6.45) is 0. The molecule has 3 nitrogen and oxygen atoms in total. The van der Waals surface area contributed by atoms with Gasteiger partial charge < -0.3 is 14.2 Å². The van der Waals surface area contributed by atoms with E-state index in [0.717, 1.165) is 5.56 Å². The first kappa shape index (κ1) is 14.2. The van der Waals surface area contributed by atoms with Crippen LogP contribution in [0.3, 0.4) is 0 Å². The highest BCUT2D eigenvalue weighted by Crippen LogP contribution is 2.25. The van der Waals surface area contributed by atoms with E-state index in [1.165, 1.54) is 6.07 Å². The molecule has 0 saturated carbocycles. The lowest BCUT2D eigenvalue weighted by atomic mass is 10.2. The predicted molar refractivity (Wildman–Crippen MR) is 75.1 cm³/mol. The Morgan fingerprint density at radius 2 is 1.55 bits per heavy atom. The number of hydrogen-bond acceptors (Lipinski definition) is 3. The number of hydrogen-bond donors (Lipinski definition) is 0. The van der Waals surface area contributed by atoms with E-state index in [-0.39, 0.29) is 18.2 Å². The van der Waals surface area contributed by atoms with Crippen LogP contribution in [-0.2, 0) is 0 Å². The van der Waals surface area contributed by atoms with E-state index in [0.29, 0.717) is 18.1 Å². The molecule has 0 N–H and O–H groups in total. The van der Waals surface area contributed by atoms with Gasteiger partial charge in [0.1, 0.15) is 13.2 Å². The zero-order valence-corrected chi connectivity index (χ0v) is 11.6. The average Bonchev–Trinajstić information content (AvgIpc) is 2.47. The van der Waals surface area contributed by atoms with Crippen molar-refractivity contribution in [2.75, 3.05) is 20.3 Å². The Labute approximate surface area is 117 Å². The molecule has 0 heterocycles. The van der Waals surface area contributed by atoms with Gasteiger partial charge in [-0.15, -0.1) is 0 Å². The highest BCUT2D eigenvalue weighted by molar-refractivity contribution is 5.39. The minimum Gasteiger partial charge on any atom is -0.493 e. The molecule has 0 aliphatic heterocycles. The first-order valence-electron chi connectivity index (χ1n) is 6.35. The highest BCUT2D eigenvalue weighted by atomic mass is 19.1. The number of para-hydroxylation sites is 2. The van der Waals surface area contributed by atoms with Gasteiger partial charge in [0, 0.05) is 0 Å². The van der Waals surface area contributed by atoms with Crippen molar-refractivity contribution in [2.24, 2.45) is 0 Å². The van der Waals surface area contributed by atoms with Crippen LogP contribution in [0.2, 0.25) is 0 Å². The van der Waals surface area contributed by atoms with E-state index in [2.05, 4.69) is 0 Å². The van der Waals surface area contributed by atoms with E-state index in [4.69, 9.17) is 14.2 Å². The smallest absolute Gasteiger partial charge is 0.165 e. The normalized spacial score (nSPS) is 10.2. The third-order valence-electron chi connectivity index (χ3n) is 2.75. The summed E-state index contributed by atoms with van der Waals surface area (Å²) >= 11 is 0. The summed E-state index contributed by atoms with van der Waals surface area (Å²) in [5.41, 5.74) is 0.951. The third kappa shape index (κ3) is 3.63. The Bertz CT molecular complexity index is 569. The lowest BCUT2D eigenvalue weighted by Gasteiger charge is -2.11. The van der Waals surface area contributed by atoms with Gasteiger partial charge in [-0.25, -0.2) is 4.39 Å². The topological polar surface area (TPSA) is 27.7 Å². The number of aryl methyl sites for hydroxylation is 1. The van der Waals surface area contributed by atoms with Gasteiger partial charge in [0.25, 0.3) is 0 Å². The number of benzene rings is 2. The number of halogens is 1. The van der Waals surface area contributed by atoms with Crippen LogP contribution in [0.4, 0.5) is 4.39 Å². The fraction of sp³-hybridized carbons (Fsp3) is 0.250. The van der Waals surface area contributed by atoms with Crippen LogP contribution >= 0.6 is 0 Å². The Morgan fingerprint density at radius 3 is 2.25 bits per heavy atom. The highest BCUT2D eigenvalue weighted by Gasteiger charge is 2.05. The molecule has 106 valence electrons. The SMILES string of the molecule is COc1ccccc1OCCOc1cc(C)ccc1F. The number of methoxy groups -OCH3 is 1. The molecule has 2 rings (SSSR count). The lowest BCUT2D eigenvalue weighted by Crippen LogP contribution is -2.10. The first-order valence-corrected chi connectivity index (χ1v) is 6.35. The molecule has 0 radical (unpaired) electrons. The van der Waals surface area contributed by atoms with Crippen LogP contribution in [0.1, 0.15) is 5.56 Å². The van der Waals surface area contributed by atoms with E-state index in [9.17, 15) is 4.39 Å². The van der Waals surface area contributed by atoms with E-state index >= 15 is 0 Å². The predicted octanol–water partition coefficient (Wildman–Crippen LogP) is 3.60. The van der Waals surface area contributed by atoms with Crippen LogP contribution in [-0.4, -0.2) is 20.3 Å². The third-order valence-corrected chi connectivity index (χ3v) is 2.75. The molecule has 0 aliphatic rings. The molecule has 2 aromatic carbocycles. The van der Waals surface area contributed by atoms with Crippen molar-refractivity contribution in [1.82, 2.24) is 0 Å². The molecule has 20 heavy (non-hydrogen) atoms. The Morgan fingerprint density at radius 1 is 0.900 bits per heavy atom. The number of rotatable bonds is 6. The minimum atomic E-state index is -0.368. The van der Waals surface area contributed by atoms with Crippen molar-refractivity contribution >= 4 is 0 Å². The molecule has 0 bridgehead atoms. The van der Waals surface area contributed by atoms with Gasteiger partial charge in [-0.2, -0.15) is 0 Å². The lowest BCUT2D eigenvalue weighted by molar-refractivity contribution is 0.206. The Kier molecular flexibility index (Phi) is 4.82. The summed E-state index contributed by atoms with van der Waals surface area (Å²) in [7, 11) is 1.58. The first-order chi connectivity index (χ1) is 9.70. The number of ether oxygens (including phenoxy) is 3. The molecule has 4 heteroatoms. The van der Waals surface area contributed by atoms with Crippen molar-refractivity contribution in [3.8, 4) is 17.2 Å². The second-order valence-electron chi connectivity index (χ2n) is 4.28. The van der Waals surface area contributed by atoms with Gasteiger partial charge in [-0.3, -0.25) is 0 Å². The zero-order valence-electron chi connectivity index (χ0n) is 11.6. The maximum atomic E-state index is 13.5. The largest absolute Gasteiger partial charge is 0.493 e. The van der Waals surface area contributed by atoms with Crippen LogP contribution in [0, 0.1) is 12.7 Å². The van der Waals surface area contributed by atoms with Crippen molar-refractivity contribution in [2.45, 2.75) is 6.92 Å². The molecule has 2 aromatic rings. The maximum absolute atomic E-state index is 13.5. The molecular formula is C16H17FO3. The summed E-state index contributed by atoms with van der Waals surface area (Å²) in [5, 5.41) is 0. The van der Waals surface area contributed by atoms with E-state index in [1.54, 1.807) is 19.2 Å². The standard InChI is InChI=1S/C16H17FO3/c1-12-7-8-13(17)16(11-12)20-10-9-19-15-6-4-3-5-14(15)18-2/h3-8,11H,9-10H2,1-2H3. The zero-order chi connectivity index (χ0) is 14.4.